The van der Waals surface area contributed by atoms with Crippen LogP contribution in [0.1, 0.15) is 65.6 Å². The predicted octanol–water partition coefficient (Wildman–Crippen LogP) is 5.22. The summed E-state index contributed by atoms with van der Waals surface area (Å²) in [7, 11) is 0. The molecule has 0 saturated carbocycles. The molecule has 0 radical (unpaired) electrons. The van der Waals surface area contributed by atoms with Crippen molar-refractivity contribution in [2.75, 3.05) is 13.2 Å². The minimum atomic E-state index is -0.133. The van der Waals surface area contributed by atoms with Crippen LogP contribution >= 0.6 is 0 Å². The Morgan fingerprint density at radius 3 is 2.30 bits per heavy atom. The number of aliphatic hydroxyl groups excluding tert-OH is 2. The zero-order valence-electron chi connectivity index (χ0n) is 17.4. The quantitative estimate of drug-likeness (QED) is 0.637. The van der Waals surface area contributed by atoms with Crippen LogP contribution in [0, 0.1) is 5.41 Å². The maximum Gasteiger partial charge on any atom is 0.163 e. The maximum absolute atomic E-state index is 13.1. The zero-order chi connectivity index (χ0) is 21.0. The highest BCUT2D eigenvalue weighted by Gasteiger charge is 2.37. The molecular weight excluding hydrogens is 372 g/mol. The van der Waals surface area contributed by atoms with Gasteiger partial charge in [0.1, 0.15) is 0 Å². The van der Waals surface area contributed by atoms with E-state index in [1.54, 1.807) is 0 Å². The fourth-order valence-corrected chi connectivity index (χ4v) is 5.04. The molecule has 2 N–H and O–H groups in total. The van der Waals surface area contributed by atoms with Crippen molar-refractivity contribution in [3.8, 4) is 0 Å². The number of carbonyl (C=O) groups is 1. The van der Waals surface area contributed by atoms with Crippen LogP contribution in [0.2, 0.25) is 0 Å². The van der Waals surface area contributed by atoms with Crippen LogP contribution in [-0.4, -0.2) is 29.2 Å². The van der Waals surface area contributed by atoms with Crippen LogP contribution in [0.25, 0.3) is 11.1 Å². The third kappa shape index (κ3) is 4.33. The van der Waals surface area contributed by atoms with Crippen molar-refractivity contribution in [3.63, 3.8) is 0 Å². The Morgan fingerprint density at radius 1 is 0.867 bits per heavy atom. The Kier molecular flexibility index (Phi) is 6.31. The molecule has 0 aromatic heterocycles. The van der Waals surface area contributed by atoms with Crippen molar-refractivity contribution in [1.29, 1.82) is 0 Å². The van der Waals surface area contributed by atoms with E-state index in [4.69, 9.17) is 0 Å². The highest BCUT2D eigenvalue weighted by atomic mass is 16.3. The summed E-state index contributed by atoms with van der Waals surface area (Å²) in [6.07, 6.45) is 9.78. The van der Waals surface area contributed by atoms with Gasteiger partial charge < -0.3 is 10.2 Å². The second-order valence-corrected chi connectivity index (χ2v) is 8.70. The molecular formula is C27H30O3. The summed E-state index contributed by atoms with van der Waals surface area (Å²) < 4.78 is 0. The molecule has 0 saturated heterocycles. The summed E-state index contributed by atoms with van der Waals surface area (Å²) in [6, 6.07) is 16.7. The van der Waals surface area contributed by atoms with E-state index >= 15 is 0 Å². The van der Waals surface area contributed by atoms with Crippen molar-refractivity contribution in [2.24, 2.45) is 5.41 Å². The Labute approximate surface area is 178 Å². The van der Waals surface area contributed by atoms with Gasteiger partial charge in [0.05, 0.1) is 0 Å². The van der Waals surface area contributed by atoms with E-state index in [2.05, 4.69) is 54.6 Å². The Balaban J connectivity index is 1.58. The third-order valence-corrected chi connectivity index (χ3v) is 6.59. The van der Waals surface area contributed by atoms with E-state index in [9.17, 15) is 15.0 Å². The Bertz CT molecular complexity index is 961. The van der Waals surface area contributed by atoms with Crippen molar-refractivity contribution in [3.05, 3.63) is 82.9 Å². The Morgan fingerprint density at radius 2 is 1.60 bits per heavy atom. The topological polar surface area (TPSA) is 57.5 Å². The first-order valence-electron chi connectivity index (χ1n) is 11.0. The van der Waals surface area contributed by atoms with Gasteiger partial charge in [0, 0.05) is 25.2 Å². The molecule has 0 atom stereocenters. The van der Waals surface area contributed by atoms with Crippen LogP contribution in [-0.2, 0) is 6.42 Å². The SMILES string of the molecule is O=C1CC(CCCO)(CCCO)Cc2ccc(C3=CC(c4ccccc4)=CC3)cc21. The number of hydrogen-bond acceptors (Lipinski definition) is 3. The van der Waals surface area contributed by atoms with Gasteiger partial charge in [-0.25, -0.2) is 0 Å². The average Bonchev–Trinajstić information content (AvgIpc) is 3.27. The highest BCUT2D eigenvalue weighted by Crippen LogP contribution is 2.44. The molecule has 2 aliphatic carbocycles. The summed E-state index contributed by atoms with van der Waals surface area (Å²) in [5.41, 5.74) is 6.67. The van der Waals surface area contributed by atoms with E-state index < -0.39 is 0 Å². The first kappa shape index (κ1) is 20.8. The molecule has 0 heterocycles. The van der Waals surface area contributed by atoms with Gasteiger partial charge in [-0.3, -0.25) is 4.79 Å². The number of benzene rings is 2. The number of ketones is 1. The molecule has 0 spiro atoms. The van der Waals surface area contributed by atoms with E-state index in [1.807, 2.05) is 6.07 Å². The van der Waals surface area contributed by atoms with Gasteiger partial charge in [0.15, 0.2) is 5.78 Å². The molecule has 0 unspecified atom stereocenters. The molecule has 3 nitrogen and oxygen atoms in total. The third-order valence-electron chi connectivity index (χ3n) is 6.59. The van der Waals surface area contributed by atoms with E-state index in [0.717, 1.165) is 42.4 Å². The van der Waals surface area contributed by atoms with Crippen LogP contribution in [0.4, 0.5) is 0 Å². The molecule has 3 heteroatoms. The number of Topliss-reactive ketones (excluding diaryl/α,β-unsaturated/α-hetero) is 1. The summed E-state index contributed by atoms with van der Waals surface area (Å²) in [6.45, 7) is 0.289. The van der Waals surface area contributed by atoms with Crippen molar-refractivity contribution in [1.82, 2.24) is 0 Å². The Hall–Kier alpha value is -2.49. The van der Waals surface area contributed by atoms with Crippen LogP contribution in [0.15, 0.2) is 60.7 Å². The summed E-state index contributed by atoms with van der Waals surface area (Å²) in [4.78, 5) is 13.1. The fourth-order valence-electron chi connectivity index (χ4n) is 5.04. The molecule has 0 amide bonds. The van der Waals surface area contributed by atoms with E-state index in [-0.39, 0.29) is 24.4 Å². The zero-order valence-corrected chi connectivity index (χ0v) is 17.4. The van der Waals surface area contributed by atoms with Gasteiger partial charge in [0.25, 0.3) is 0 Å². The number of rotatable bonds is 8. The summed E-state index contributed by atoms with van der Waals surface area (Å²) in [5, 5.41) is 18.6. The van der Waals surface area contributed by atoms with Crippen LogP contribution in [0.5, 0.6) is 0 Å². The number of fused-ring (bicyclic) bond motifs is 1. The van der Waals surface area contributed by atoms with Crippen molar-refractivity contribution < 1.29 is 15.0 Å². The highest BCUT2D eigenvalue weighted by molar-refractivity contribution is 6.00. The molecule has 2 aromatic rings. The average molecular weight is 403 g/mol. The second kappa shape index (κ2) is 9.11. The fraction of sp³-hybridized carbons (Fsp3) is 0.370. The van der Waals surface area contributed by atoms with Gasteiger partial charge in [-0.15, -0.1) is 0 Å². The minimum absolute atomic E-state index is 0.133. The minimum Gasteiger partial charge on any atom is -0.396 e. The summed E-state index contributed by atoms with van der Waals surface area (Å²) >= 11 is 0. The molecule has 30 heavy (non-hydrogen) atoms. The smallest absolute Gasteiger partial charge is 0.163 e. The maximum atomic E-state index is 13.1. The van der Waals surface area contributed by atoms with Gasteiger partial charge in [-0.1, -0.05) is 54.6 Å². The molecule has 0 bridgehead atoms. The van der Waals surface area contributed by atoms with Crippen molar-refractivity contribution in [2.45, 2.75) is 44.9 Å². The van der Waals surface area contributed by atoms with Gasteiger partial charge in [-0.05, 0) is 77.8 Å². The van der Waals surface area contributed by atoms with Crippen LogP contribution in [0.3, 0.4) is 0 Å². The number of allylic oxidation sites excluding steroid dienone is 4. The largest absolute Gasteiger partial charge is 0.396 e. The lowest BCUT2D eigenvalue weighted by molar-refractivity contribution is 0.0828. The molecule has 4 rings (SSSR count). The first-order valence-corrected chi connectivity index (χ1v) is 11.0. The molecule has 2 aliphatic rings. The lowest BCUT2D eigenvalue weighted by Gasteiger charge is -2.38. The molecule has 0 fully saturated rings. The number of hydrogen-bond donors (Lipinski definition) is 2. The lowest BCUT2D eigenvalue weighted by Crippen LogP contribution is -2.33. The lowest BCUT2D eigenvalue weighted by atomic mass is 9.66. The predicted molar refractivity (Wildman–Crippen MR) is 121 cm³/mol. The normalized spacial score (nSPS) is 17.5. The van der Waals surface area contributed by atoms with Crippen molar-refractivity contribution >= 4 is 16.9 Å². The monoisotopic (exact) mass is 402 g/mol. The van der Waals surface area contributed by atoms with Crippen LogP contribution < -0.4 is 0 Å². The standard InChI is InChI=1S/C27H30O3/c28-14-4-12-27(13-5-15-29)18-24-11-10-23(17-25(24)26(30)19-27)22-9-8-21(16-22)20-6-2-1-3-7-20/h1-3,6-8,10-11,16-17,28-29H,4-5,9,12-15,18-19H2. The first-order chi connectivity index (χ1) is 14.6. The van der Waals surface area contributed by atoms with Gasteiger partial charge in [0.2, 0.25) is 0 Å². The number of aliphatic hydroxyl groups is 2. The summed E-state index contributed by atoms with van der Waals surface area (Å²) in [5.74, 6) is 0.198. The molecule has 0 aliphatic heterocycles. The molecule has 156 valence electrons. The number of carbonyl (C=O) groups excluding carboxylic acids is 1. The second-order valence-electron chi connectivity index (χ2n) is 8.70. The van der Waals surface area contributed by atoms with E-state index in [0.29, 0.717) is 19.3 Å². The van der Waals surface area contributed by atoms with Gasteiger partial charge in [-0.2, -0.15) is 0 Å². The van der Waals surface area contributed by atoms with Gasteiger partial charge >= 0.3 is 0 Å². The van der Waals surface area contributed by atoms with E-state index in [1.165, 1.54) is 16.7 Å². The molecule has 2 aromatic carbocycles.